The van der Waals surface area contributed by atoms with Gasteiger partial charge in [0.15, 0.2) is 0 Å². The maximum atomic E-state index is 11.8. The Balaban J connectivity index is 2.38. The Morgan fingerprint density at radius 2 is 2.37 bits per heavy atom. The van der Waals surface area contributed by atoms with Gasteiger partial charge < -0.3 is 14.5 Å². The molecule has 19 heavy (non-hydrogen) atoms. The lowest BCUT2D eigenvalue weighted by Gasteiger charge is -2.27. The highest BCUT2D eigenvalue weighted by Gasteiger charge is 2.32. The van der Waals surface area contributed by atoms with Crippen LogP contribution in [0.25, 0.3) is 0 Å². The molecule has 0 aliphatic rings. The second-order valence-corrected chi connectivity index (χ2v) is 5.61. The van der Waals surface area contributed by atoms with Crippen molar-refractivity contribution in [2.45, 2.75) is 44.4 Å². The van der Waals surface area contributed by atoms with E-state index < -0.39 is 5.54 Å². The van der Waals surface area contributed by atoms with Gasteiger partial charge in [-0.3, -0.25) is 4.79 Å². The molecule has 0 bridgehead atoms. The van der Waals surface area contributed by atoms with E-state index in [1.165, 1.54) is 7.11 Å². The molecule has 0 fully saturated rings. The number of likely N-dealkylation sites (N-methyl/N-ethyl adjacent to an activating group) is 1. The summed E-state index contributed by atoms with van der Waals surface area (Å²) in [4.78, 5) is 16.0. The van der Waals surface area contributed by atoms with Gasteiger partial charge in [-0.1, -0.05) is 18.7 Å². The van der Waals surface area contributed by atoms with Crippen LogP contribution in [0.1, 0.15) is 32.4 Å². The van der Waals surface area contributed by atoms with Crippen LogP contribution in [0.2, 0.25) is 0 Å². The van der Waals surface area contributed by atoms with Crippen LogP contribution in [0.5, 0.6) is 0 Å². The number of hydrogen-bond donors (Lipinski definition) is 1. The van der Waals surface area contributed by atoms with Crippen LogP contribution < -0.4 is 5.32 Å². The predicted octanol–water partition coefficient (Wildman–Crippen LogP) is 2.40. The minimum Gasteiger partial charge on any atom is -0.468 e. The first kappa shape index (κ1) is 16.0. The van der Waals surface area contributed by atoms with Gasteiger partial charge in [0.25, 0.3) is 5.22 Å². The molecule has 108 valence electrons. The summed E-state index contributed by atoms with van der Waals surface area (Å²) >= 11 is 1.56. The molecule has 0 aliphatic carbocycles. The normalized spacial score (nSPS) is 14.1. The molecule has 0 amide bonds. The second kappa shape index (κ2) is 7.55. The maximum Gasteiger partial charge on any atom is 0.325 e. The molecule has 0 saturated carbocycles. The average molecular weight is 286 g/mol. The minimum atomic E-state index is -0.615. The van der Waals surface area contributed by atoms with Gasteiger partial charge in [-0.2, -0.15) is 0 Å². The number of thioether (sulfide) groups is 1. The van der Waals surface area contributed by atoms with Crippen molar-refractivity contribution in [2.24, 2.45) is 0 Å². The molecule has 1 N–H and O–H groups in total. The third kappa shape index (κ3) is 4.87. The molecule has 5 nitrogen and oxygen atoms in total. The summed E-state index contributed by atoms with van der Waals surface area (Å²) in [7, 11) is 1.42. The summed E-state index contributed by atoms with van der Waals surface area (Å²) < 4.78 is 10.1. The van der Waals surface area contributed by atoms with Crippen molar-refractivity contribution < 1.29 is 13.9 Å². The number of oxazole rings is 1. The molecule has 1 aromatic rings. The van der Waals surface area contributed by atoms with Gasteiger partial charge in [0.05, 0.1) is 12.8 Å². The molecule has 0 spiro atoms. The van der Waals surface area contributed by atoms with E-state index in [-0.39, 0.29) is 5.97 Å². The van der Waals surface area contributed by atoms with Gasteiger partial charge >= 0.3 is 5.97 Å². The average Bonchev–Trinajstić information content (AvgIpc) is 2.80. The largest absolute Gasteiger partial charge is 0.468 e. The van der Waals surface area contributed by atoms with Crippen molar-refractivity contribution in [3.63, 3.8) is 0 Å². The molecule has 0 aromatic carbocycles. The topological polar surface area (TPSA) is 64.4 Å². The monoisotopic (exact) mass is 286 g/mol. The Bertz CT molecular complexity index is 408. The van der Waals surface area contributed by atoms with E-state index in [1.807, 2.05) is 20.8 Å². The van der Waals surface area contributed by atoms with E-state index in [4.69, 9.17) is 9.15 Å². The Morgan fingerprint density at radius 1 is 1.63 bits per heavy atom. The molecule has 1 rings (SSSR count). The molecular weight excluding hydrogens is 264 g/mol. The molecule has 1 unspecified atom stereocenters. The highest BCUT2D eigenvalue weighted by molar-refractivity contribution is 7.99. The Kier molecular flexibility index (Phi) is 6.37. The van der Waals surface area contributed by atoms with Crippen LogP contribution in [-0.4, -0.2) is 35.9 Å². The smallest absolute Gasteiger partial charge is 0.325 e. The first-order valence-electron chi connectivity index (χ1n) is 6.40. The fourth-order valence-corrected chi connectivity index (χ4v) is 2.65. The third-order valence-corrected chi connectivity index (χ3v) is 3.77. The summed E-state index contributed by atoms with van der Waals surface area (Å²) in [6.45, 7) is 6.48. The van der Waals surface area contributed by atoms with Gasteiger partial charge in [0, 0.05) is 5.75 Å². The Morgan fingerprint density at radius 3 is 2.89 bits per heavy atom. The van der Waals surface area contributed by atoms with Gasteiger partial charge in [0.2, 0.25) is 0 Å². The summed E-state index contributed by atoms with van der Waals surface area (Å²) in [5.41, 5.74) is 0.269. The first-order chi connectivity index (χ1) is 9.01. The summed E-state index contributed by atoms with van der Waals surface area (Å²) in [6.07, 6.45) is 3.24. The molecule has 6 heteroatoms. The number of aryl methyl sites for hydroxylation is 1. The molecule has 0 aliphatic heterocycles. The highest BCUT2D eigenvalue weighted by Crippen LogP contribution is 2.21. The van der Waals surface area contributed by atoms with Crippen molar-refractivity contribution in [2.75, 3.05) is 19.4 Å². The van der Waals surface area contributed by atoms with Crippen molar-refractivity contribution >= 4 is 17.7 Å². The number of methoxy groups -OCH3 is 1. The van der Waals surface area contributed by atoms with E-state index in [1.54, 1.807) is 18.0 Å². The molecule has 0 radical (unpaired) electrons. The summed E-state index contributed by atoms with van der Waals surface area (Å²) in [5, 5.41) is 3.87. The van der Waals surface area contributed by atoms with Gasteiger partial charge in [-0.05, 0) is 33.2 Å². The lowest BCUT2D eigenvalue weighted by atomic mass is 9.96. The fourth-order valence-electron chi connectivity index (χ4n) is 1.86. The number of nitrogens with zero attached hydrogens (tertiary/aromatic N) is 1. The van der Waals surface area contributed by atoms with Crippen LogP contribution in [0.3, 0.4) is 0 Å². The number of aromatic nitrogens is 1. The molecule has 1 atom stereocenters. The highest BCUT2D eigenvalue weighted by atomic mass is 32.2. The van der Waals surface area contributed by atoms with Crippen molar-refractivity contribution in [1.29, 1.82) is 0 Å². The van der Waals surface area contributed by atoms with E-state index in [2.05, 4.69) is 10.3 Å². The van der Waals surface area contributed by atoms with E-state index in [0.717, 1.165) is 30.8 Å². The van der Waals surface area contributed by atoms with E-state index in [9.17, 15) is 4.79 Å². The zero-order valence-electron chi connectivity index (χ0n) is 12.0. The quantitative estimate of drug-likeness (QED) is 0.450. The standard InChI is InChI=1S/C13H22N2O3S/c1-5-14-13(3,11(16)17-4)7-6-8-19-12-15-10(2)9-18-12/h9,14H,5-8H2,1-4H3. The minimum absolute atomic E-state index is 0.216. The van der Waals surface area contributed by atoms with Crippen LogP contribution in [-0.2, 0) is 9.53 Å². The van der Waals surface area contributed by atoms with Crippen molar-refractivity contribution in [3.8, 4) is 0 Å². The first-order valence-corrected chi connectivity index (χ1v) is 7.38. The van der Waals surface area contributed by atoms with Crippen LogP contribution in [0.15, 0.2) is 15.9 Å². The number of rotatable bonds is 8. The Hall–Kier alpha value is -1.01. The predicted molar refractivity (Wildman–Crippen MR) is 75.3 cm³/mol. The summed E-state index contributed by atoms with van der Waals surface area (Å²) in [5.74, 6) is 0.643. The SMILES string of the molecule is CCNC(C)(CCCSc1nc(C)co1)C(=O)OC. The molecule has 0 saturated heterocycles. The van der Waals surface area contributed by atoms with Gasteiger partial charge in [-0.25, -0.2) is 4.98 Å². The van der Waals surface area contributed by atoms with Gasteiger partial charge in [-0.15, -0.1) is 0 Å². The lowest BCUT2D eigenvalue weighted by Crippen LogP contribution is -2.50. The Labute approximate surface area is 118 Å². The molecule has 1 aromatic heterocycles. The fraction of sp³-hybridized carbons (Fsp3) is 0.692. The van der Waals surface area contributed by atoms with Crippen molar-refractivity contribution in [3.05, 3.63) is 12.0 Å². The zero-order valence-corrected chi connectivity index (χ0v) is 12.8. The van der Waals surface area contributed by atoms with E-state index in [0.29, 0.717) is 5.22 Å². The number of nitrogens with one attached hydrogen (secondary N) is 1. The third-order valence-electron chi connectivity index (χ3n) is 2.85. The van der Waals surface area contributed by atoms with Crippen LogP contribution in [0, 0.1) is 6.92 Å². The number of carbonyl (C=O) groups excluding carboxylic acids is 1. The van der Waals surface area contributed by atoms with Crippen molar-refractivity contribution in [1.82, 2.24) is 10.3 Å². The zero-order chi connectivity index (χ0) is 14.3. The number of carbonyl (C=O) groups is 1. The van der Waals surface area contributed by atoms with Gasteiger partial charge in [0.1, 0.15) is 11.8 Å². The number of esters is 1. The molecular formula is C13H22N2O3S. The molecule has 1 heterocycles. The van der Waals surface area contributed by atoms with E-state index >= 15 is 0 Å². The van der Waals surface area contributed by atoms with Crippen LogP contribution in [0.4, 0.5) is 0 Å². The maximum absolute atomic E-state index is 11.8. The summed E-state index contributed by atoms with van der Waals surface area (Å²) in [6, 6.07) is 0. The van der Waals surface area contributed by atoms with Crippen LogP contribution >= 0.6 is 11.8 Å². The number of ether oxygens (including phenoxy) is 1. The second-order valence-electron chi connectivity index (χ2n) is 4.56. The lowest BCUT2D eigenvalue weighted by molar-refractivity contribution is -0.148. The number of hydrogen-bond acceptors (Lipinski definition) is 6.